The third kappa shape index (κ3) is 2.49. The first kappa shape index (κ1) is 13.6. The monoisotopic (exact) mass is 286 g/mol. The zero-order valence-electron chi connectivity index (χ0n) is 12.2. The maximum absolute atomic E-state index is 12.2. The van der Waals surface area contributed by atoms with E-state index in [1.807, 2.05) is 42.9 Å². The highest BCUT2D eigenvalue weighted by Crippen LogP contribution is 2.21. The van der Waals surface area contributed by atoms with Gasteiger partial charge in [-0.05, 0) is 13.0 Å². The molecule has 0 saturated carbocycles. The van der Waals surface area contributed by atoms with E-state index in [2.05, 4.69) is 10.4 Å². The van der Waals surface area contributed by atoms with Crippen LogP contribution in [0.5, 0.6) is 0 Å². The number of fused-ring (bicyclic) bond motifs is 1. The van der Waals surface area contributed by atoms with Crippen LogP contribution in [0, 0.1) is 0 Å². The fraction of sp³-hybridized carbons (Fsp3) is 0.400. The number of hydrogen-bond donors (Lipinski definition) is 1. The molecule has 1 N–H and O–H groups in total. The first-order valence-electron chi connectivity index (χ1n) is 7.03. The molecular formula is C15H18N4O2. The van der Waals surface area contributed by atoms with Gasteiger partial charge >= 0.3 is 0 Å². The molecule has 2 amide bonds. The van der Waals surface area contributed by atoms with Gasteiger partial charge in [0.2, 0.25) is 11.8 Å². The number of amides is 2. The predicted octanol–water partition coefficient (Wildman–Crippen LogP) is 0.810. The van der Waals surface area contributed by atoms with Crippen LogP contribution in [-0.4, -0.2) is 39.1 Å². The van der Waals surface area contributed by atoms with Crippen molar-refractivity contribution in [3.63, 3.8) is 0 Å². The van der Waals surface area contributed by atoms with Gasteiger partial charge in [-0.15, -0.1) is 0 Å². The average Bonchev–Trinajstić information content (AvgIpc) is 2.72. The van der Waals surface area contributed by atoms with Crippen LogP contribution in [0.25, 0.3) is 10.9 Å². The second kappa shape index (κ2) is 5.20. The van der Waals surface area contributed by atoms with Crippen molar-refractivity contribution in [3.8, 4) is 0 Å². The van der Waals surface area contributed by atoms with E-state index in [1.165, 1.54) is 0 Å². The number of hydrogen-bond acceptors (Lipinski definition) is 3. The molecule has 2 heterocycles. The van der Waals surface area contributed by atoms with Gasteiger partial charge in [0.15, 0.2) is 0 Å². The van der Waals surface area contributed by atoms with Gasteiger partial charge in [-0.3, -0.25) is 14.3 Å². The summed E-state index contributed by atoms with van der Waals surface area (Å²) in [7, 11) is 1.89. The Balaban J connectivity index is 1.93. The molecule has 0 radical (unpaired) electrons. The Bertz CT molecular complexity index is 707. The molecule has 0 bridgehead atoms. The van der Waals surface area contributed by atoms with Gasteiger partial charge in [-0.1, -0.05) is 18.2 Å². The zero-order chi connectivity index (χ0) is 15.0. The van der Waals surface area contributed by atoms with Gasteiger partial charge in [0.25, 0.3) is 0 Å². The van der Waals surface area contributed by atoms with E-state index in [1.54, 1.807) is 4.90 Å². The number of nitrogens with one attached hydrogen (secondary N) is 1. The molecule has 1 saturated heterocycles. The molecule has 3 rings (SSSR count). The van der Waals surface area contributed by atoms with E-state index in [0.717, 1.165) is 16.6 Å². The van der Waals surface area contributed by atoms with Gasteiger partial charge in [0.1, 0.15) is 0 Å². The van der Waals surface area contributed by atoms with Crippen LogP contribution in [0.4, 0.5) is 0 Å². The number of carbonyl (C=O) groups excluding carboxylic acids is 2. The number of nitrogens with zero attached hydrogens (tertiary/aromatic N) is 3. The highest BCUT2D eigenvalue weighted by molar-refractivity contribution is 5.88. The number of aryl methyl sites for hydroxylation is 1. The second-order valence-corrected chi connectivity index (χ2v) is 5.44. The maximum Gasteiger partial charge on any atom is 0.242 e. The summed E-state index contributed by atoms with van der Waals surface area (Å²) in [5.74, 6) is -0.146. The second-order valence-electron chi connectivity index (χ2n) is 5.44. The summed E-state index contributed by atoms with van der Waals surface area (Å²) in [5, 5.41) is 8.19. The normalized spacial score (nSPS) is 19.7. The molecule has 1 atom stereocenters. The van der Waals surface area contributed by atoms with E-state index in [9.17, 15) is 9.59 Å². The molecule has 1 aromatic heterocycles. The predicted molar refractivity (Wildman–Crippen MR) is 78.4 cm³/mol. The Kier molecular flexibility index (Phi) is 3.37. The molecule has 2 aromatic rings. The number of carbonyl (C=O) groups is 2. The van der Waals surface area contributed by atoms with Gasteiger partial charge in [-0.25, -0.2) is 0 Å². The molecule has 6 nitrogen and oxygen atoms in total. The molecule has 1 aliphatic heterocycles. The standard InChI is InChI=1S/C15H18N4O2/c1-10-7-14(20)16-8-15(21)19(10)9-12-11-5-3-4-6-13(11)18(2)17-12/h3-6,10H,7-9H2,1-2H3,(H,16,20). The number of para-hydroxylation sites is 1. The van der Waals surface area contributed by atoms with Gasteiger partial charge in [-0.2, -0.15) is 5.10 Å². The van der Waals surface area contributed by atoms with Crippen LogP contribution >= 0.6 is 0 Å². The Hall–Kier alpha value is -2.37. The molecule has 110 valence electrons. The van der Waals surface area contributed by atoms with Crippen LogP contribution in [-0.2, 0) is 23.2 Å². The quantitative estimate of drug-likeness (QED) is 0.888. The Morgan fingerprint density at radius 1 is 1.33 bits per heavy atom. The third-order valence-corrected chi connectivity index (χ3v) is 3.92. The smallest absolute Gasteiger partial charge is 0.242 e. The van der Waals surface area contributed by atoms with Crippen molar-refractivity contribution in [1.82, 2.24) is 20.0 Å². The first-order chi connectivity index (χ1) is 10.1. The molecular weight excluding hydrogens is 268 g/mol. The van der Waals surface area contributed by atoms with E-state index < -0.39 is 0 Å². The maximum atomic E-state index is 12.2. The fourth-order valence-electron chi connectivity index (χ4n) is 2.78. The average molecular weight is 286 g/mol. The largest absolute Gasteiger partial charge is 0.347 e. The molecule has 21 heavy (non-hydrogen) atoms. The summed E-state index contributed by atoms with van der Waals surface area (Å²) >= 11 is 0. The lowest BCUT2D eigenvalue weighted by molar-refractivity contribution is -0.132. The minimum absolute atomic E-state index is 0.0634. The van der Waals surface area contributed by atoms with Crippen molar-refractivity contribution in [2.45, 2.75) is 25.9 Å². The summed E-state index contributed by atoms with van der Waals surface area (Å²) in [6.45, 7) is 2.39. The summed E-state index contributed by atoms with van der Waals surface area (Å²) < 4.78 is 1.82. The van der Waals surface area contributed by atoms with Crippen LogP contribution in [0.1, 0.15) is 19.0 Å². The molecule has 1 fully saturated rings. The zero-order valence-corrected chi connectivity index (χ0v) is 12.2. The Morgan fingerprint density at radius 3 is 2.90 bits per heavy atom. The summed E-state index contributed by atoms with van der Waals surface area (Å²) in [4.78, 5) is 25.5. The first-order valence-corrected chi connectivity index (χ1v) is 7.03. The van der Waals surface area contributed by atoms with Crippen molar-refractivity contribution in [3.05, 3.63) is 30.0 Å². The lowest BCUT2D eigenvalue weighted by Crippen LogP contribution is -2.39. The fourth-order valence-corrected chi connectivity index (χ4v) is 2.78. The van der Waals surface area contributed by atoms with Crippen molar-refractivity contribution in [2.75, 3.05) is 6.54 Å². The highest BCUT2D eigenvalue weighted by Gasteiger charge is 2.27. The number of aromatic nitrogens is 2. The number of rotatable bonds is 2. The summed E-state index contributed by atoms with van der Waals surface area (Å²) in [6, 6.07) is 7.82. The molecule has 0 aliphatic carbocycles. The van der Waals surface area contributed by atoms with Gasteiger partial charge in [0.05, 0.1) is 24.3 Å². The molecule has 1 aliphatic rings. The SMILES string of the molecule is CC1CC(=O)NCC(=O)N1Cc1nn(C)c2ccccc12. The van der Waals surface area contributed by atoms with Crippen LogP contribution in [0.2, 0.25) is 0 Å². The van der Waals surface area contributed by atoms with Crippen LogP contribution in [0.15, 0.2) is 24.3 Å². The minimum atomic E-state index is -0.124. The Morgan fingerprint density at radius 2 is 2.10 bits per heavy atom. The van der Waals surface area contributed by atoms with Gasteiger partial charge < -0.3 is 10.2 Å². The van der Waals surface area contributed by atoms with E-state index in [-0.39, 0.29) is 24.4 Å². The topological polar surface area (TPSA) is 67.2 Å². The highest BCUT2D eigenvalue weighted by atomic mass is 16.2. The van der Waals surface area contributed by atoms with Crippen molar-refractivity contribution < 1.29 is 9.59 Å². The lowest BCUT2D eigenvalue weighted by atomic mass is 10.1. The molecule has 0 spiro atoms. The van der Waals surface area contributed by atoms with Crippen LogP contribution in [0.3, 0.4) is 0 Å². The Labute approximate surface area is 122 Å². The molecule has 1 unspecified atom stereocenters. The molecule has 6 heteroatoms. The van der Waals surface area contributed by atoms with Gasteiger partial charge in [0, 0.05) is 24.9 Å². The van der Waals surface area contributed by atoms with Crippen LogP contribution < -0.4 is 5.32 Å². The molecule has 1 aromatic carbocycles. The number of benzene rings is 1. The van der Waals surface area contributed by atoms with E-state index in [4.69, 9.17) is 0 Å². The van der Waals surface area contributed by atoms with Crippen molar-refractivity contribution in [1.29, 1.82) is 0 Å². The van der Waals surface area contributed by atoms with Crippen molar-refractivity contribution in [2.24, 2.45) is 7.05 Å². The van der Waals surface area contributed by atoms with Crippen molar-refractivity contribution >= 4 is 22.7 Å². The van der Waals surface area contributed by atoms with E-state index in [0.29, 0.717) is 13.0 Å². The summed E-state index contributed by atoms with van der Waals surface area (Å²) in [6.07, 6.45) is 0.330. The third-order valence-electron chi connectivity index (χ3n) is 3.92. The lowest BCUT2D eigenvalue weighted by Gasteiger charge is -2.25. The summed E-state index contributed by atoms with van der Waals surface area (Å²) in [5.41, 5.74) is 1.90. The van der Waals surface area contributed by atoms with E-state index >= 15 is 0 Å². The minimum Gasteiger partial charge on any atom is -0.347 e.